The van der Waals surface area contributed by atoms with Crippen LogP contribution in [0.15, 0.2) is 42.5 Å². The van der Waals surface area contributed by atoms with Crippen LogP contribution in [0.3, 0.4) is 0 Å². The van der Waals surface area contributed by atoms with Gasteiger partial charge in [-0.15, -0.1) is 0 Å². The first kappa shape index (κ1) is 24.7. The van der Waals surface area contributed by atoms with Crippen molar-refractivity contribution in [3.63, 3.8) is 0 Å². The summed E-state index contributed by atoms with van der Waals surface area (Å²) in [5.74, 6) is -6.47. The summed E-state index contributed by atoms with van der Waals surface area (Å²) in [7, 11) is 1.21. The lowest BCUT2D eigenvalue weighted by Gasteiger charge is -2.17. The number of nitrogens with two attached hydrogens (primary N) is 1. The molecule has 0 atom stereocenters. The summed E-state index contributed by atoms with van der Waals surface area (Å²) in [5, 5.41) is 2.10. The zero-order chi connectivity index (χ0) is 25.2. The molecule has 0 saturated carbocycles. The molecule has 0 spiro atoms. The Morgan fingerprint density at radius 2 is 1.74 bits per heavy atom. The maximum absolute atomic E-state index is 14.9. The van der Waals surface area contributed by atoms with Gasteiger partial charge in [-0.25, -0.2) is 8.78 Å². The fourth-order valence-corrected chi connectivity index (χ4v) is 2.95. The van der Waals surface area contributed by atoms with Crippen molar-refractivity contribution in [1.29, 1.82) is 0 Å². The van der Waals surface area contributed by atoms with Crippen LogP contribution in [0, 0.1) is 11.6 Å². The number of hydrogen-bond donors (Lipinski definition) is 2. The van der Waals surface area contributed by atoms with Gasteiger partial charge in [-0.1, -0.05) is 11.6 Å². The third-order valence-corrected chi connectivity index (χ3v) is 4.54. The number of methoxy groups -OCH3 is 1. The predicted octanol–water partition coefficient (Wildman–Crippen LogP) is 5.18. The summed E-state index contributed by atoms with van der Waals surface area (Å²) in [6.45, 7) is 0. The van der Waals surface area contributed by atoms with Crippen LogP contribution in [0.1, 0.15) is 26.3 Å². The highest BCUT2D eigenvalue weighted by Crippen LogP contribution is 2.39. The fourth-order valence-electron chi connectivity index (χ4n) is 2.81. The third-order valence-electron chi connectivity index (χ3n) is 4.33. The third kappa shape index (κ3) is 5.17. The summed E-state index contributed by atoms with van der Waals surface area (Å²) in [6, 6.07) is 6.26. The van der Waals surface area contributed by atoms with Crippen LogP contribution in [-0.4, -0.2) is 23.9 Å². The number of ether oxygens (including phenoxy) is 2. The minimum atomic E-state index is -5.13. The van der Waals surface area contributed by atoms with Crippen molar-refractivity contribution in [3.8, 4) is 17.4 Å². The van der Waals surface area contributed by atoms with Crippen LogP contribution in [0.4, 0.5) is 27.6 Å². The number of nitrogens with one attached hydrogen (secondary N) is 1. The molecular formula is C21H13ClF5N3O4. The summed E-state index contributed by atoms with van der Waals surface area (Å²) >= 11 is 5.76. The molecule has 13 heteroatoms. The number of carbonyl (C=O) groups excluding carboxylic acids is 2. The van der Waals surface area contributed by atoms with E-state index in [-0.39, 0.29) is 22.5 Å². The number of halogens is 6. The van der Waals surface area contributed by atoms with E-state index in [4.69, 9.17) is 26.8 Å². The molecular weight excluding hydrogens is 489 g/mol. The quantitative estimate of drug-likeness (QED) is 0.358. The number of rotatable bonds is 6. The largest absolute Gasteiger partial charge is 0.478 e. The Labute approximate surface area is 193 Å². The number of carbonyl (C=O) groups is 2. The average molecular weight is 502 g/mol. The predicted molar refractivity (Wildman–Crippen MR) is 110 cm³/mol. The molecule has 0 aliphatic heterocycles. The maximum atomic E-state index is 14.9. The van der Waals surface area contributed by atoms with Crippen molar-refractivity contribution in [3.05, 3.63) is 75.9 Å². The van der Waals surface area contributed by atoms with Crippen molar-refractivity contribution in [2.75, 3.05) is 12.4 Å². The zero-order valence-corrected chi connectivity index (χ0v) is 17.7. The lowest BCUT2D eigenvalue weighted by molar-refractivity contribution is -0.140. The molecule has 0 radical (unpaired) electrons. The van der Waals surface area contributed by atoms with Gasteiger partial charge in [0.05, 0.1) is 18.2 Å². The number of alkyl halides is 3. The van der Waals surface area contributed by atoms with E-state index in [1.807, 2.05) is 0 Å². The van der Waals surface area contributed by atoms with E-state index in [1.165, 1.54) is 19.2 Å². The standard InChI is InChI=1S/C21H13ClF5N3O4/c1-33-20-14(6-7-15(22)30-20)34-13-5-3-11(21(25,26)27)17(24)16(13)19(32)29-9-2-4-12(23)10(8-9)18(28)31/h2-8H,1H3,(H2,28,31)(H,29,32). The van der Waals surface area contributed by atoms with Crippen LogP contribution >= 0.6 is 11.6 Å². The molecule has 0 unspecified atom stereocenters. The van der Waals surface area contributed by atoms with Crippen molar-refractivity contribution in [1.82, 2.24) is 4.98 Å². The van der Waals surface area contributed by atoms with Gasteiger partial charge in [0.1, 0.15) is 22.3 Å². The molecule has 1 heterocycles. The normalized spacial score (nSPS) is 11.1. The lowest BCUT2D eigenvalue weighted by atomic mass is 10.1. The maximum Gasteiger partial charge on any atom is 0.419 e. The van der Waals surface area contributed by atoms with Gasteiger partial charge in [-0.2, -0.15) is 18.2 Å². The first-order chi connectivity index (χ1) is 15.9. The molecule has 0 fully saturated rings. The Balaban J connectivity index is 2.09. The highest BCUT2D eigenvalue weighted by molar-refractivity contribution is 6.29. The molecule has 0 aliphatic carbocycles. The number of nitrogens with zero attached hydrogens (tertiary/aromatic N) is 1. The summed E-state index contributed by atoms with van der Waals surface area (Å²) in [5.41, 5.74) is 1.34. The number of hydrogen-bond acceptors (Lipinski definition) is 5. The zero-order valence-electron chi connectivity index (χ0n) is 17.0. The number of benzene rings is 2. The van der Waals surface area contributed by atoms with Gasteiger partial charge in [0.2, 0.25) is 0 Å². The second-order valence-electron chi connectivity index (χ2n) is 6.55. The first-order valence-electron chi connectivity index (χ1n) is 9.11. The highest BCUT2D eigenvalue weighted by Gasteiger charge is 2.37. The summed E-state index contributed by atoms with van der Waals surface area (Å²) in [6.07, 6.45) is -5.13. The van der Waals surface area contributed by atoms with Gasteiger partial charge in [-0.05, 0) is 42.5 Å². The number of amides is 2. The Morgan fingerprint density at radius 1 is 1.06 bits per heavy atom. The highest BCUT2D eigenvalue weighted by atomic mass is 35.5. The number of primary amides is 1. The molecule has 0 aliphatic rings. The number of anilines is 1. The van der Waals surface area contributed by atoms with Crippen LogP contribution in [0.2, 0.25) is 5.15 Å². The van der Waals surface area contributed by atoms with Crippen LogP contribution in [-0.2, 0) is 6.18 Å². The number of aromatic nitrogens is 1. The van der Waals surface area contributed by atoms with Gasteiger partial charge in [0, 0.05) is 5.69 Å². The van der Waals surface area contributed by atoms with E-state index < -0.39 is 52.1 Å². The van der Waals surface area contributed by atoms with Crippen LogP contribution in [0.25, 0.3) is 0 Å². The molecule has 0 bridgehead atoms. The first-order valence-corrected chi connectivity index (χ1v) is 9.49. The second-order valence-corrected chi connectivity index (χ2v) is 6.94. The van der Waals surface area contributed by atoms with Crippen molar-refractivity contribution < 1.29 is 41.0 Å². The SMILES string of the molecule is COc1nc(Cl)ccc1Oc1ccc(C(F)(F)F)c(F)c1C(=O)Nc1ccc(F)c(C(N)=O)c1. The van der Waals surface area contributed by atoms with E-state index in [2.05, 4.69) is 10.3 Å². The van der Waals surface area contributed by atoms with Crippen molar-refractivity contribution >= 4 is 29.1 Å². The minimum Gasteiger partial charge on any atom is -0.478 e. The molecule has 7 nitrogen and oxygen atoms in total. The molecule has 3 aromatic rings. The Kier molecular flexibility index (Phi) is 6.91. The van der Waals surface area contributed by atoms with Gasteiger partial charge in [0.15, 0.2) is 11.6 Å². The number of pyridine rings is 1. The van der Waals surface area contributed by atoms with Crippen LogP contribution in [0.5, 0.6) is 17.4 Å². The van der Waals surface area contributed by atoms with E-state index in [1.54, 1.807) is 0 Å². The fraction of sp³-hybridized carbons (Fsp3) is 0.0952. The Morgan fingerprint density at radius 3 is 2.35 bits per heavy atom. The summed E-state index contributed by atoms with van der Waals surface area (Å²) in [4.78, 5) is 27.9. The smallest absolute Gasteiger partial charge is 0.419 e. The molecule has 1 aromatic heterocycles. The molecule has 3 rings (SSSR count). The van der Waals surface area contributed by atoms with E-state index >= 15 is 0 Å². The van der Waals surface area contributed by atoms with Crippen LogP contribution < -0.4 is 20.5 Å². The van der Waals surface area contributed by atoms with E-state index in [0.717, 1.165) is 24.3 Å². The second kappa shape index (κ2) is 9.51. The molecule has 2 aromatic carbocycles. The minimum absolute atomic E-state index is 0.00216. The molecule has 3 N–H and O–H groups in total. The molecule has 178 valence electrons. The molecule has 2 amide bonds. The Bertz CT molecular complexity index is 1280. The molecule has 34 heavy (non-hydrogen) atoms. The van der Waals surface area contributed by atoms with Gasteiger partial charge >= 0.3 is 6.18 Å². The van der Waals surface area contributed by atoms with Gasteiger partial charge in [0.25, 0.3) is 17.7 Å². The van der Waals surface area contributed by atoms with Gasteiger partial charge in [-0.3, -0.25) is 9.59 Å². The topological polar surface area (TPSA) is 104 Å². The van der Waals surface area contributed by atoms with Crippen molar-refractivity contribution in [2.24, 2.45) is 5.73 Å². The lowest BCUT2D eigenvalue weighted by Crippen LogP contribution is -2.19. The Hall–Kier alpha value is -3.93. The summed E-state index contributed by atoms with van der Waals surface area (Å²) < 4.78 is 78.9. The van der Waals surface area contributed by atoms with E-state index in [0.29, 0.717) is 6.07 Å². The van der Waals surface area contributed by atoms with Gasteiger partial charge < -0.3 is 20.5 Å². The average Bonchev–Trinajstić information content (AvgIpc) is 2.75. The molecule has 0 saturated heterocycles. The monoisotopic (exact) mass is 501 g/mol. The van der Waals surface area contributed by atoms with E-state index in [9.17, 15) is 31.5 Å². The van der Waals surface area contributed by atoms with Crippen molar-refractivity contribution in [2.45, 2.75) is 6.18 Å².